The molecule has 0 aliphatic heterocycles. The van der Waals surface area contributed by atoms with Crippen LogP contribution in [0.25, 0.3) is 16.7 Å². The Morgan fingerprint density at radius 1 is 1.19 bits per heavy atom. The summed E-state index contributed by atoms with van der Waals surface area (Å²) in [7, 11) is 0. The zero-order chi connectivity index (χ0) is 18.3. The van der Waals surface area contributed by atoms with E-state index in [4.69, 9.17) is 9.40 Å². The fourth-order valence-corrected chi connectivity index (χ4v) is 3.20. The van der Waals surface area contributed by atoms with Gasteiger partial charge in [-0.25, -0.2) is 4.98 Å². The number of imidazole rings is 1. The molecule has 6 heteroatoms. The second kappa shape index (κ2) is 6.29. The van der Waals surface area contributed by atoms with Gasteiger partial charge in [0.15, 0.2) is 5.58 Å². The van der Waals surface area contributed by atoms with Crippen LogP contribution >= 0.6 is 0 Å². The minimum Gasteiger partial charge on any atom is -0.423 e. The Labute approximate surface area is 150 Å². The third-order valence-electron chi connectivity index (χ3n) is 4.57. The van der Waals surface area contributed by atoms with Crippen molar-refractivity contribution in [2.75, 3.05) is 5.32 Å². The molecule has 132 valence electrons. The summed E-state index contributed by atoms with van der Waals surface area (Å²) in [5.74, 6) is -0.200. The van der Waals surface area contributed by atoms with Crippen molar-refractivity contribution in [3.8, 4) is 0 Å². The number of oxazole rings is 1. The lowest BCUT2D eigenvalue weighted by atomic mass is 10.1. The van der Waals surface area contributed by atoms with Gasteiger partial charge in [-0.15, -0.1) is 0 Å². The lowest BCUT2D eigenvalue weighted by Crippen LogP contribution is -2.05. The number of aryl methyl sites for hydroxylation is 4. The van der Waals surface area contributed by atoms with Crippen molar-refractivity contribution in [1.29, 1.82) is 0 Å². The highest BCUT2D eigenvalue weighted by molar-refractivity contribution is 5.88. The number of pyridine rings is 1. The molecule has 1 aromatic carbocycles. The highest BCUT2D eigenvalue weighted by atomic mass is 16.4. The first kappa shape index (κ1) is 16.3. The average molecular weight is 348 g/mol. The van der Waals surface area contributed by atoms with Crippen LogP contribution in [-0.4, -0.2) is 20.3 Å². The lowest BCUT2D eigenvalue weighted by molar-refractivity contribution is -0.114. The fraction of sp³-hybridized carbons (Fsp3) is 0.250. The number of aromatic nitrogens is 3. The van der Waals surface area contributed by atoms with E-state index in [1.165, 1.54) is 18.2 Å². The number of rotatable bonds is 4. The van der Waals surface area contributed by atoms with Crippen molar-refractivity contribution in [3.05, 3.63) is 59.0 Å². The van der Waals surface area contributed by atoms with E-state index in [9.17, 15) is 4.79 Å². The van der Waals surface area contributed by atoms with Gasteiger partial charge >= 0.3 is 6.01 Å². The zero-order valence-electron chi connectivity index (χ0n) is 15.0. The number of hydrogen-bond donors (Lipinski definition) is 1. The number of anilines is 1. The van der Waals surface area contributed by atoms with Gasteiger partial charge in [0.05, 0.1) is 5.69 Å². The molecule has 0 atom stereocenters. The molecule has 0 saturated carbocycles. The van der Waals surface area contributed by atoms with Crippen LogP contribution in [0.2, 0.25) is 0 Å². The fourth-order valence-electron chi connectivity index (χ4n) is 3.20. The molecular formula is C20H20N4O2. The predicted molar refractivity (Wildman–Crippen MR) is 100 cm³/mol. The van der Waals surface area contributed by atoms with Crippen molar-refractivity contribution in [2.24, 2.45) is 0 Å². The molecule has 3 aromatic heterocycles. The van der Waals surface area contributed by atoms with Crippen LogP contribution in [0.5, 0.6) is 0 Å². The largest absolute Gasteiger partial charge is 0.423 e. The number of nitrogens with zero attached hydrogens (tertiary/aromatic N) is 3. The van der Waals surface area contributed by atoms with Crippen LogP contribution < -0.4 is 5.32 Å². The van der Waals surface area contributed by atoms with E-state index in [2.05, 4.69) is 40.8 Å². The Bertz CT molecular complexity index is 1120. The number of hydrogen-bond acceptors (Lipinski definition) is 4. The summed E-state index contributed by atoms with van der Waals surface area (Å²) >= 11 is 0. The molecule has 1 amide bonds. The first-order chi connectivity index (χ1) is 12.5. The summed E-state index contributed by atoms with van der Waals surface area (Å²) < 4.78 is 7.74. The van der Waals surface area contributed by atoms with Crippen molar-refractivity contribution in [3.63, 3.8) is 0 Å². The Hall–Kier alpha value is -3.15. The third kappa shape index (κ3) is 2.94. The zero-order valence-corrected chi connectivity index (χ0v) is 15.0. The van der Waals surface area contributed by atoms with Gasteiger partial charge in [0.2, 0.25) is 5.91 Å². The van der Waals surface area contributed by atoms with Gasteiger partial charge < -0.3 is 8.82 Å². The SMILES string of the molecule is CC(=O)Nc1nc2ccc(CCc3nc4c(C)cccn4c3C)cc2o1. The van der Waals surface area contributed by atoms with Gasteiger partial charge in [-0.2, -0.15) is 4.98 Å². The number of amides is 1. The van der Waals surface area contributed by atoms with Crippen molar-refractivity contribution < 1.29 is 9.21 Å². The molecule has 0 bridgehead atoms. The van der Waals surface area contributed by atoms with Crippen molar-refractivity contribution in [1.82, 2.24) is 14.4 Å². The second-order valence-corrected chi connectivity index (χ2v) is 6.53. The summed E-state index contributed by atoms with van der Waals surface area (Å²) in [6.07, 6.45) is 3.76. The van der Waals surface area contributed by atoms with Gasteiger partial charge in [-0.1, -0.05) is 12.1 Å². The molecule has 6 nitrogen and oxygen atoms in total. The highest BCUT2D eigenvalue weighted by Gasteiger charge is 2.11. The van der Waals surface area contributed by atoms with Crippen LogP contribution in [-0.2, 0) is 17.6 Å². The average Bonchev–Trinajstić information content (AvgIpc) is 3.13. The molecule has 4 aromatic rings. The van der Waals surface area contributed by atoms with Gasteiger partial charge in [0.1, 0.15) is 11.2 Å². The molecule has 0 radical (unpaired) electrons. The smallest absolute Gasteiger partial charge is 0.302 e. The van der Waals surface area contributed by atoms with Crippen LogP contribution in [0.4, 0.5) is 6.01 Å². The standard InChI is InChI=1S/C20H20N4O2/c1-12-5-4-10-24-13(2)16(22-19(12)24)8-6-15-7-9-17-18(11-15)26-20(23-17)21-14(3)25/h4-5,7,9-11H,6,8H2,1-3H3,(H,21,23,25). The molecule has 4 rings (SSSR count). The first-order valence-electron chi connectivity index (χ1n) is 8.61. The molecule has 3 heterocycles. The van der Waals surface area contributed by atoms with Crippen LogP contribution in [0.3, 0.4) is 0 Å². The topological polar surface area (TPSA) is 72.4 Å². The minimum atomic E-state index is -0.200. The number of nitrogens with one attached hydrogen (secondary N) is 1. The molecule has 0 unspecified atom stereocenters. The normalized spacial score (nSPS) is 11.3. The van der Waals surface area contributed by atoms with Gasteiger partial charge in [-0.05, 0) is 56.0 Å². The summed E-state index contributed by atoms with van der Waals surface area (Å²) in [6, 6.07) is 10.3. The highest BCUT2D eigenvalue weighted by Crippen LogP contribution is 2.22. The van der Waals surface area contributed by atoms with Crippen molar-refractivity contribution >= 4 is 28.7 Å². The Balaban J connectivity index is 1.57. The molecule has 0 aliphatic carbocycles. The molecule has 0 aliphatic rings. The maximum atomic E-state index is 11.1. The van der Waals surface area contributed by atoms with Crippen LogP contribution in [0, 0.1) is 13.8 Å². The molecule has 0 spiro atoms. The van der Waals surface area contributed by atoms with Gasteiger partial charge in [-0.3, -0.25) is 10.1 Å². The van der Waals surface area contributed by atoms with E-state index in [1.807, 2.05) is 24.3 Å². The predicted octanol–water partition coefficient (Wildman–Crippen LogP) is 3.84. The maximum absolute atomic E-state index is 11.1. The Morgan fingerprint density at radius 3 is 2.81 bits per heavy atom. The van der Waals surface area contributed by atoms with E-state index in [-0.39, 0.29) is 11.9 Å². The number of benzene rings is 1. The summed E-state index contributed by atoms with van der Waals surface area (Å²) in [4.78, 5) is 20.2. The summed E-state index contributed by atoms with van der Waals surface area (Å²) in [5.41, 5.74) is 7.04. The minimum absolute atomic E-state index is 0.200. The lowest BCUT2D eigenvalue weighted by Gasteiger charge is -2.01. The monoisotopic (exact) mass is 348 g/mol. The molecule has 26 heavy (non-hydrogen) atoms. The Kier molecular flexibility index (Phi) is 3.95. The third-order valence-corrected chi connectivity index (χ3v) is 4.57. The number of carbonyl (C=O) groups is 1. The quantitative estimate of drug-likeness (QED) is 0.608. The van der Waals surface area contributed by atoms with Crippen LogP contribution in [0.1, 0.15) is 29.4 Å². The second-order valence-electron chi connectivity index (χ2n) is 6.53. The van der Waals surface area contributed by atoms with Crippen molar-refractivity contribution in [2.45, 2.75) is 33.6 Å². The number of carbonyl (C=O) groups excluding carboxylic acids is 1. The molecular weight excluding hydrogens is 328 g/mol. The summed E-state index contributed by atoms with van der Waals surface area (Å²) in [6.45, 7) is 5.61. The first-order valence-corrected chi connectivity index (χ1v) is 8.61. The van der Waals surface area contributed by atoms with E-state index < -0.39 is 0 Å². The molecule has 1 N–H and O–H groups in total. The van der Waals surface area contributed by atoms with Crippen LogP contribution in [0.15, 0.2) is 40.9 Å². The van der Waals surface area contributed by atoms with Gasteiger partial charge in [0, 0.05) is 18.8 Å². The molecule has 0 fully saturated rings. The van der Waals surface area contributed by atoms with E-state index in [1.54, 1.807) is 0 Å². The van der Waals surface area contributed by atoms with E-state index in [0.717, 1.165) is 35.3 Å². The Morgan fingerprint density at radius 2 is 2.04 bits per heavy atom. The molecule has 0 saturated heterocycles. The van der Waals surface area contributed by atoms with Gasteiger partial charge in [0.25, 0.3) is 0 Å². The van der Waals surface area contributed by atoms with E-state index in [0.29, 0.717) is 5.58 Å². The van der Waals surface area contributed by atoms with E-state index >= 15 is 0 Å². The summed E-state index contributed by atoms with van der Waals surface area (Å²) in [5, 5.41) is 2.57. The number of fused-ring (bicyclic) bond motifs is 2. The maximum Gasteiger partial charge on any atom is 0.302 e.